The van der Waals surface area contributed by atoms with Gasteiger partial charge in [0, 0.05) is 0 Å². The smallest absolute Gasteiger partial charge is 0.0677 e. The molecule has 0 spiro atoms. The van der Waals surface area contributed by atoms with Crippen molar-refractivity contribution in [3.05, 3.63) is 0 Å². The first-order valence-corrected chi connectivity index (χ1v) is 6.11. The summed E-state index contributed by atoms with van der Waals surface area (Å²) in [5.74, 6) is 0.517. The molecule has 0 amide bonds. The molecule has 2 aliphatic carbocycles. The van der Waals surface area contributed by atoms with E-state index in [1.807, 2.05) is 0 Å². The summed E-state index contributed by atoms with van der Waals surface area (Å²) in [7, 11) is 0. The van der Waals surface area contributed by atoms with Gasteiger partial charge < -0.3 is 10.2 Å². The van der Waals surface area contributed by atoms with Gasteiger partial charge in [-0.15, -0.1) is 0 Å². The summed E-state index contributed by atoms with van der Waals surface area (Å²) < 4.78 is 0. The molecule has 2 heteroatoms. The fraction of sp³-hybridized carbons (Fsp3) is 1.00. The largest absolute Gasteiger partial charge is 0.393 e. The maximum atomic E-state index is 10.5. The third-order valence-corrected chi connectivity index (χ3v) is 4.19. The normalized spacial score (nSPS) is 41.1. The van der Waals surface area contributed by atoms with Gasteiger partial charge in [-0.1, -0.05) is 19.3 Å². The highest BCUT2D eigenvalue weighted by atomic mass is 16.3. The zero-order chi connectivity index (χ0) is 10.0. The number of hydrogen-bond donors (Lipinski definition) is 2. The lowest BCUT2D eigenvalue weighted by atomic mass is 9.69. The van der Waals surface area contributed by atoms with Gasteiger partial charge in [0.2, 0.25) is 0 Å². The van der Waals surface area contributed by atoms with E-state index < -0.39 is 5.60 Å². The zero-order valence-electron chi connectivity index (χ0n) is 8.91. The molecule has 0 saturated heterocycles. The van der Waals surface area contributed by atoms with Gasteiger partial charge in [0.25, 0.3) is 0 Å². The number of rotatable bonds is 1. The van der Waals surface area contributed by atoms with Crippen molar-refractivity contribution in [2.75, 3.05) is 0 Å². The first kappa shape index (κ1) is 10.4. The van der Waals surface area contributed by atoms with Gasteiger partial charge in [0.1, 0.15) is 0 Å². The van der Waals surface area contributed by atoms with Gasteiger partial charge >= 0.3 is 0 Å². The van der Waals surface area contributed by atoms with Crippen molar-refractivity contribution in [2.24, 2.45) is 5.92 Å². The minimum atomic E-state index is -0.431. The number of aliphatic hydroxyl groups excluding tert-OH is 1. The minimum absolute atomic E-state index is 0.154. The molecular formula is C12H22O2. The minimum Gasteiger partial charge on any atom is -0.393 e. The fourth-order valence-electron chi connectivity index (χ4n) is 3.15. The molecule has 0 atom stereocenters. The van der Waals surface area contributed by atoms with E-state index in [-0.39, 0.29) is 6.10 Å². The van der Waals surface area contributed by atoms with Gasteiger partial charge in [0.05, 0.1) is 11.7 Å². The standard InChI is InChI=1S/C12H22O2/c13-11-6-8-12(14,9-7-11)10-4-2-1-3-5-10/h10-11,13-14H,1-9H2. The summed E-state index contributed by atoms with van der Waals surface area (Å²) in [5.41, 5.74) is -0.431. The highest BCUT2D eigenvalue weighted by molar-refractivity contribution is 4.92. The Kier molecular flexibility index (Phi) is 3.13. The Morgan fingerprint density at radius 2 is 1.43 bits per heavy atom. The van der Waals surface area contributed by atoms with Gasteiger partial charge in [-0.3, -0.25) is 0 Å². The van der Waals surface area contributed by atoms with E-state index in [4.69, 9.17) is 0 Å². The van der Waals surface area contributed by atoms with E-state index in [1.54, 1.807) is 0 Å². The molecule has 0 heterocycles. The number of hydrogen-bond acceptors (Lipinski definition) is 2. The first-order valence-electron chi connectivity index (χ1n) is 6.11. The van der Waals surface area contributed by atoms with Crippen LogP contribution in [0.5, 0.6) is 0 Å². The van der Waals surface area contributed by atoms with Crippen LogP contribution in [-0.2, 0) is 0 Å². The predicted molar refractivity (Wildman–Crippen MR) is 56.0 cm³/mol. The van der Waals surface area contributed by atoms with Gasteiger partial charge in [-0.25, -0.2) is 0 Å². The topological polar surface area (TPSA) is 40.5 Å². The molecule has 2 nitrogen and oxygen atoms in total. The highest BCUT2D eigenvalue weighted by Crippen LogP contribution is 2.41. The third kappa shape index (κ3) is 2.12. The maximum Gasteiger partial charge on any atom is 0.0677 e. The average Bonchev–Trinajstić information content (AvgIpc) is 2.24. The van der Waals surface area contributed by atoms with E-state index >= 15 is 0 Å². The zero-order valence-corrected chi connectivity index (χ0v) is 8.91. The van der Waals surface area contributed by atoms with Gasteiger partial charge in [0.15, 0.2) is 0 Å². The van der Waals surface area contributed by atoms with Crippen LogP contribution in [0.15, 0.2) is 0 Å². The second-order valence-corrected chi connectivity index (χ2v) is 5.17. The summed E-state index contributed by atoms with van der Waals surface area (Å²) in [5, 5.41) is 19.9. The van der Waals surface area contributed by atoms with Crippen molar-refractivity contribution in [3.63, 3.8) is 0 Å². The van der Waals surface area contributed by atoms with Crippen LogP contribution in [0.25, 0.3) is 0 Å². The van der Waals surface area contributed by atoms with Crippen LogP contribution in [0, 0.1) is 5.92 Å². The molecule has 0 aromatic carbocycles. The second-order valence-electron chi connectivity index (χ2n) is 5.17. The molecular weight excluding hydrogens is 176 g/mol. The van der Waals surface area contributed by atoms with Crippen LogP contribution in [0.1, 0.15) is 57.8 Å². The van der Waals surface area contributed by atoms with Crippen molar-refractivity contribution in [1.29, 1.82) is 0 Å². The molecule has 2 rings (SSSR count). The summed E-state index contributed by atoms with van der Waals surface area (Å²) in [6.45, 7) is 0. The lowest BCUT2D eigenvalue weighted by molar-refractivity contribution is -0.0830. The Labute approximate surface area is 86.3 Å². The molecule has 2 aliphatic rings. The summed E-state index contributed by atoms with van der Waals surface area (Å²) in [6, 6.07) is 0. The molecule has 0 bridgehead atoms. The SMILES string of the molecule is OC1CCC(O)(C2CCCCC2)CC1. The monoisotopic (exact) mass is 198 g/mol. The van der Waals surface area contributed by atoms with Crippen molar-refractivity contribution < 1.29 is 10.2 Å². The summed E-state index contributed by atoms with van der Waals surface area (Å²) >= 11 is 0. The third-order valence-electron chi connectivity index (χ3n) is 4.19. The van der Waals surface area contributed by atoms with Crippen molar-refractivity contribution >= 4 is 0 Å². The Morgan fingerprint density at radius 3 is 2.00 bits per heavy atom. The van der Waals surface area contributed by atoms with Crippen LogP contribution in [0.2, 0.25) is 0 Å². The van der Waals surface area contributed by atoms with Crippen molar-refractivity contribution in [3.8, 4) is 0 Å². The lowest BCUT2D eigenvalue weighted by Crippen LogP contribution is -2.43. The summed E-state index contributed by atoms with van der Waals surface area (Å²) in [4.78, 5) is 0. The maximum absolute atomic E-state index is 10.5. The van der Waals surface area contributed by atoms with Crippen molar-refractivity contribution in [2.45, 2.75) is 69.5 Å². The Bertz CT molecular complexity index is 177. The van der Waals surface area contributed by atoms with Crippen LogP contribution in [-0.4, -0.2) is 21.9 Å². The van der Waals surface area contributed by atoms with E-state index in [0.717, 1.165) is 25.7 Å². The van der Waals surface area contributed by atoms with Crippen LogP contribution >= 0.6 is 0 Å². The quantitative estimate of drug-likeness (QED) is 0.678. The van der Waals surface area contributed by atoms with Crippen molar-refractivity contribution in [1.82, 2.24) is 0 Å². The molecule has 2 N–H and O–H groups in total. The molecule has 0 aromatic heterocycles. The molecule has 0 aliphatic heterocycles. The Balaban J connectivity index is 1.93. The fourth-order valence-corrected chi connectivity index (χ4v) is 3.15. The Morgan fingerprint density at radius 1 is 0.857 bits per heavy atom. The van der Waals surface area contributed by atoms with Crippen LogP contribution in [0.3, 0.4) is 0 Å². The highest BCUT2D eigenvalue weighted by Gasteiger charge is 2.39. The lowest BCUT2D eigenvalue weighted by Gasteiger charge is -2.42. The molecule has 2 saturated carbocycles. The molecule has 14 heavy (non-hydrogen) atoms. The van der Waals surface area contributed by atoms with Gasteiger partial charge in [-0.2, -0.15) is 0 Å². The second kappa shape index (κ2) is 4.19. The van der Waals surface area contributed by atoms with E-state index in [0.29, 0.717) is 5.92 Å². The van der Waals surface area contributed by atoms with E-state index in [1.165, 1.54) is 32.1 Å². The molecule has 0 unspecified atom stereocenters. The average molecular weight is 198 g/mol. The molecule has 82 valence electrons. The van der Waals surface area contributed by atoms with Crippen LogP contribution in [0.4, 0.5) is 0 Å². The van der Waals surface area contributed by atoms with E-state index in [2.05, 4.69) is 0 Å². The first-order chi connectivity index (χ1) is 6.71. The number of aliphatic hydroxyl groups is 2. The van der Waals surface area contributed by atoms with Gasteiger partial charge in [-0.05, 0) is 44.4 Å². The molecule has 0 radical (unpaired) electrons. The van der Waals surface area contributed by atoms with E-state index in [9.17, 15) is 10.2 Å². The molecule has 0 aromatic rings. The Hall–Kier alpha value is -0.0800. The molecule has 2 fully saturated rings. The predicted octanol–water partition coefficient (Wildman–Crippen LogP) is 2.23. The summed E-state index contributed by atoms with van der Waals surface area (Å²) in [6.07, 6.45) is 9.40. The van der Waals surface area contributed by atoms with Crippen LogP contribution < -0.4 is 0 Å².